The summed E-state index contributed by atoms with van der Waals surface area (Å²) in [5, 5.41) is 3.57. The van der Waals surface area contributed by atoms with E-state index in [1.54, 1.807) is 0 Å². The highest BCUT2D eigenvalue weighted by Gasteiger charge is 2.46. The van der Waals surface area contributed by atoms with Gasteiger partial charge in [0.25, 0.3) is 0 Å². The minimum Gasteiger partial charge on any atom is -0.315 e. The summed E-state index contributed by atoms with van der Waals surface area (Å²) in [6.07, 6.45) is 10.7. The van der Waals surface area contributed by atoms with Crippen LogP contribution in [-0.4, -0.2) is 9.13 Å². The molecule has 1 aliphatic rings. The molecule has 318 valence electrons. The molecule has 1 atom stereocenters. The molecule has 0 spiro atoms. The predicted molar refractivity (Wildman–Crippen MR) is 283 cm³/mol. The van der Waals surface area contributed by atoms with Crippen molar-refractivity contribution in [3.05, 3.63) is 284 Å². The molecular formula is C64H47N3. The van der Waals surface area contributed by atoms with E-state index in [-0.39, 0.29) is 0 Å². The molecule has 3 heteroatoms. The van der Waals surface area contributed by atoms with E-state index in [4.69, 9.17) is 0 Å². The average Bonchev–Trinajstić information content (AvgIpc) is 4.07. The van der Waals surface area contributed by atoms with Gasteiger partial charge in [0.1, 0.15) is 0 Å². The van der Waals surface area contributed by atoms with E-state index >= 15 is 0 Å². The molecule has 0 N–H and O–H groups in total. The summed E-state index contributed by atoms with van der Waals surface area (Å²) in [6.45, 7) is 6.53. The summed E-state index contributed by atoms with van der Waals surface area (Å²) in [7, 11) is 0. The predicted octanol–water partition coefficient (Wildman–Crippen LogP) is 16.9. The highest BCUT2D eigenvalue weighted by Crippen LogP contribution is 2.58. The van der Waals surface area contributed by atoms with Gasteiger partial charge in [-0.15, -0.1) is 0 Å². The number of hydrogen-bond donors (Lipinski definition) is 0. The number of aromatic nitrogens is 2. The van der Waals surface area contributed by atoms with E-state index in [2.05, 4.69) is 276 Å². The lowest BCUT2D eigenvalue weighted by atomic mass is 9.67. The third kappa shape index (κ3) is 6.35. The van der Waals surface area contributed by atoms with Crippen molar-refractivity contribution < 1.29 is 0 Å². The molecule has 3 nitrogen and oxygen atoms in total. The number of benzene rings is 9. The van der Waals surface area contributed by atoms with Crippen LogP contribution in [0.15, 0.2) is 267 Å². The molecule has 0 bridgehead atoms. The Hall–Kier alpha value is -8.66. The zero-order chi connectivity index (χ0) is 44.9. The maximum atomic E-state index is 4.46. The van der Waals surface area contributed by atoms with Crippen LogP contribution in [0.1, 0.15) is 23.6 Å². The van der Waals surface area contributed by atoms with Crippen LogP contribution < -0.4 is 4.90 Å². The Bertz CT molecular complexity index is 3690. The Morgan fingerprint density at radius 2 is 1.12 bits per heavy atom. The monoisotopic (exact) mass is 857 g/mol. The molecule has 67 heavy (non-hydrogen) atoms. The maximum absolute atomic E-state index is 4.46. The van der Waals surface area contributed by atoms with Gasteiger partial charge in [-0.3, -0.25) is 0 Å². The number of rotatable bonds is 10. The number of anilines is 3. The maximum Gasteiger partial charge on any atom is 0.0788 e. The minimum absolute atomic E-state index is 0.612. The average molecular weight is 858 g/mol. The lowest BCUT2D eigenvalue weighted by molar-refractivity contribution is 0.767. The highest BCUT2D eigenvalue weighted by atomic mass is 15.1. The molecule has 0 radical (unpaired) electrons. The summed E-state index contributed by atoms with van der Waals surface area (Å²) >= 11 is 0. The molecule has 9 aromatic carbocycles. The van der Waals surface area contributed by atoms with Crippen LogP contribution in [0.4, 0.5) is 17.1 Å². The fourth-order valence-electron chi connectivity index (χ4n) is 10.8. The van der Waals surface area contributed by atoms with Gasteiger partial charge in [-0.2, -0.15) is 0 Å². The van der Waals surface area contributed by atoms with Crippen molar-refractivity contribution in [3.63, 3.8) is 0 Å². The van der Waals surface area contributed by atoms with E-state index in [9.17, 15) is 0 Å². The van der Waals surface area contributed by atoms with Crippen molar-refractivity contribution in [3.8, 4) is 33.6 Å². The quantitative estimate of drug-likeness (QED) is 0.125. The first kappa shape index (κ1) is 39.9. The lowest BCUT2D eigenvalue weighted by Crippen LogP contribution is -2.29. The van der Waals surface area contributed by atoms with Crippen LogP contribution in [0, 0.1) is 0 Å². The van der Waals surface area contributed by atoms with Crippen molar-refractivity contribution >= 4 is 49.8 Å². The fraction of sp³-hybridized carbons (Fsp3) is 0.0312. The van der Waals surface area contributed by atoms with Gasteiger partial charge in [0, 0.05) is 50.8 Å². The normalized spacial score (nSPS) is 14.5. The zero-order valence-electron chi connectivity index (χ0n) is 37.3. The summed E-state index contributed by atoms with van der Waals surface area (Å²) in [5.74, 6) is 0. The summed E-state index contributed by atoms with van der Waals surface area (Å²) in [6, 6.07) is 81.9. The van der Waals surface area contributed by atoms with E-state index in [1.165, 1.54) is 66.1 Å². The number of allylic oxidation sites excluding steroid dienone is 5. The molecule has 2 aromatic heterocycles. The van der Waals surface area contributed by atoms with Gasteiger partial charge in [-0.25, -0.2) is 0 Å². The molecule has 0 amide bonds. The van der Waals surface area contributed by atoms with E-state index in [0.717, 1.165) is 39.5 Å². The summed E-state index contributed by atoms with van der Waals surface area (Å²) < 4.78 is 4.78. The second-order valence-electron chi connectivity index (χ2n) is 17.3. The Morgan fingerprint density at radius 1 is 0.507 bits per heavy atom. The van der Waals surface area contributed by atoms with Gasteiger partial charge < -0.3 is 14.0 Å². The van der Waals surface area contributed by atoms with Crippen molar-refractivity contribution in [2.45, 2.75) is 12.3 Å². The lowest BCUT2D eigenvalue weighted by Gasteiger charge is -2.35. The molecule has 0 saturated carbocycles. The van der Waals surface area contributed by atoms with Gasteiger partial charge in [0.15, 0.2) is 0 Å². The van der Waals surface area contributed by atoms with E-state index in [0.29, 0.717) is 0 Å². The van der Waals surface area contributed by atoms with Crippen LogP contribution in [0.25, 0.3) is 66.3 Å². The highest BCUT2D eigenvalue weighted by molar-refractivity contribution is 6.19. The van der Waals surface area contributed by atoms with E-state index in [1.807, 2.05) is 6.08 Å². The second-order valence-corrected chi connectivity index (χ2v) is 17.3. The molecule has 1 aliphatic carbocycles. The standard InChI is InChI=1S/C64H47N3/c1-3-5-22-48(4-2)64(49-23-12-7-13-24-49)59-30-19-18-29-55(59)56-39-36-54(44-60(56)64)66(52-34-31-46(32-35-52)45-20-10-6-11-21-45)53-37-40-61-58(43-53)57-38-33-47-41-42-65(50-25-14-8-15-26-50)62(47)63(57)67(61)51-27-16-9-17-28-51/h3-44H,2H2,1H3/b5-3-,48-22+. The first-order chi connectivity index (χ1) is 33.2. The number of para-hydroxylation sites is 2. The Balaban J connectivity index is 1.13. The summed E-state index contributed by atoms with van der Waals surface area (Å²) in [5.41, 5.74) is 18.0. The van der Waals surface area contributed by atoms with Gasteiger partial charge in [0.2, 0.25) is 0 Å². The van der Waals surface area contributed by atoms with Crippen molar-refractivity contribution in [2.75, 3.05) is 4.90 Å². The minimum atomic E-state index is -0.612. The first-order valence-electron chi connectivity index (χ1n) is 23.1. The molecule has 0 fully saturated rings. The SMILES string of the molecule is C=C/C(=C\C=C/C)C1(c2ccccc2)c2ccccc2-c2ccc(N(c3ccc(-c4ccccc4)cc3)c3ccc4c(c3)c3ccc5ccn(-c6ccccc6)c5c3n4-c3ccccc3)cc21. The van der Waals surface area contributed by atoms with Gasteiger partial charge in [0.05, 0.1) is 22.0 Å². The fourth-order valence-corrected chi connectivity index (χ4v) is 10.8. The van der Waals surface area contributed by atoms with Crippen LogP contribution in [0.3, 0.4) is 0 Å². The summed E-state index contributed by atoms with van der Waals surface area (Å²) in [4.78, 5) is 2.44. The Kier molecular flexibility index (Phi) is 9.77. The molecule has 12 rings (SSSR count). The zero-order valence-corrected chi connectivity index (χ0v) is 37.3. The molecular weight excluding hydrogens is 811 g/mol. The van der Waals surface area contributed by atoms with Gasteiger partial charge in [-0.1, -0.05) is 183 Å². The van der Waals surface area contributed by atoms with Gasteiger partial charge >= 0.3 is 0 Å². The molecule has 0 aliphatic heterocycles. The van der Waals surface area contributed by atoms with Gasteiger partial charge in [-0.05, 0) is 124 Å². The van der Waals surface area contributed by atoms with Crippen LogP contribution >= 0.6 is 0 Å². The topological polar surface area (TPSA) is 13.1 Å². The molecule has 1 unspecified atom stereocenters. The second kappa shape index (κ2) is 16.4. The number of hydrogen-bond acceptors (Lipinski definition) is 1. The number of fused-ring (bicyclic) bond motifs is 8. The first-order valence-corrected chi connectivity index (χ1v) is 23.1. The van der Waals surface area contributed by atoms with Crippen LogP contribution in [0.5, 0.6) is 0 Å². The Labute approximate surface area is 391 Å². The van der Waals surface area contributed by atoms with Crippen LogP contribution in [0.2, 0.25) is 0 Å². The number of nitrogens with zero attached hydrogens (tertiary/aromatic N) is 3. The van der Waals surface area contributed by atoms with Crippen molar-refractivity contribution in [1.82, 2.24) is 9.13 Å². The third-order valence-corrected chi connectivity index (χ3v) is 13.7. The Morgan fingerprint density at radius 3 is 1.85 bits per heavy atom. The van der Waals surface area contributed by atoms with Crippen LogP contribution in [-0.2, 0) is 5.41 Å². The van der Waals surface area contributed by atoms with Crippen molar-refractivity contribution in [1.29, 1.82) is 0 Å². The van der Waals surface area contributed by atoms with E-state index < -0.39 is 5.41 Å². The molecule has 0 saturated heterocycles. The van der Waals surface area contributed by atoms with Crippen molar-refractivity contribution in [2.24, 2.45) is 0 Å². The smallest absolute Gasteiger partial charge is 0.0788 e. The largest absolute Gasteiger partial charge is 0.315 e. The molecule has 11 aromatic rings. The molecule has 2 heterocycles. The third-order valence-electron chi connectivity index (χ3n) is 13.7.